The third kappa shape index (κ3) is 7.47. The van der Waals surface area contributed by atoms with E-state index in [1.165, 1.54) is 66.9 Å². The number of methoxy groups -OCH3 is 6. The highest BCUT2D eigenvalue weighted by Gasteiger charge is 2.20. The second kappa shape index (κ2) is 14.7. The summed E-state index contributed by atoms with van der Waals surface area (Å²) in [7, 11) is 8.74. The smallest absolute Gasteiger partial charge is 0.257 e. The van der Waals surface area contributed by atoms with E-state index in [0.29, 0.717) is 45.9 Å². The van der Waals surface area contributed by atoms with Gasteiger partial charge < -0.3 is 39.1 Å². The lowest BCUT2D eigenvalue weighted by atomic mass is 10.1. The number of ether oxygens (including phenoxy) is 6. The van der Waals surface area contributed by atoms with Crippen molar-refractivity contribution < 1.29 is 38.0 Å². The predicted octanol–water partition coefficient (Wildman–Crippen LogP) is 3.99. The van der Waals surface area contributed by atoms with Crippen LogP contribution in [0.4, 0.5) is 11.4 Å². The molecule has 42 heavy (non-hydrogen) atoms. The van der Waals surface area contributed by atoms with E-state index in [-0.39, 0.29) is 21.4 Å². The molecule has 0 unspecified atom stereocenters. The summed E-state index contributed by atoms with van der Waals surface area (Å²) in [5, 5.41) is 11.2. The molecular weight excluding hydrogens is 584 g/mol. The summed E-state index contributed by atoms with van der Waals surface area (Å²) in [6, 6.07) is 13.0. The summed E-state index contributed by atoms with van der Waals surface area (Å²) >= 11 is 10.7. The topological polar surface area (TPSA) is 138 Å². The van der Waals surface area contributed by atoms with Crippen LogP contribution in [0.3, 0.4) is 0 Å². The molecule has 222 valence electrons. The van der Waals surface area contributed by atoms with E-state index in [0.717, 1.165) is 0 Å². The highest BCUT2D eigenvalue weighted by Crippen LogP contribution is 2.39. The van der Waals surface area contributed by atoms with Crippen molar-refractivity contribution in [3.05, 3.63) is 59.7 Å². The molecule has 2 amide bonds. The monoisotopic (exact) mass is 614 g/mol. The average Bonchev–Trinajstić information content (AvgIpc) is 2.99. The summed E-state index contributed by atoms with van der Waals surface area (Å²) in [5.74, 6) is 0.955. The molecule has 3 aromatic carbocycles. The van der Waals surface area contributed by atoms with Crippen LogP contribution in [0.25, 0.3) is 0 Å². The maximum Gasteiger partial charge on any atom is 0.257 e. The summed E-state index contributed by atoms with van der Waals surface area (Å²) in [4.78, 5) is 25.9. The number of para-hydroxylation sites is 2. The second-order valence-corrected chi connectivity index (χ2v) is 9.01. The van der Waals surface area contributed by atoms with Gasteiger partial charge in [-0.1, -0.05) is 12.1 Å². The van der Waals surface area contributed by atoms with E-state index in [2.05, 4.69) is 21.3 Å². The van der Waals surface area contributed by atoms with Gasteiger partial charge in [-0.2, -0.15) is 0 Å². The zero-order valence-corrected chi connectivity index (χ0v) is 25.3. The van der Waals surface area contributed by atoms with Gasteiger partial charge in [0.15, 0.2) is 33.2 Å². The van der Waals surface area contributed by atoms with Crippen molar-refractivity contribution in [1.82, 2.24) is 10.6 Å². The molecule has 0 fully saturated rings. The number of amides is 2. The van der Waals surface area contributed by atoms with Crippen molar-refractivity contribution in [2.24, 2.45) is 0 Å². The number of thiocarbonyl (C=S) groups is 2. The van der Waals surface area contributed by atoms with Gasteiger partial charge in [0, 0.05) is 11.1 Å². The zero-order chi connectivity index (χ0) is 30.8. The fraction of sp³-hybridized carbons (Fsp3) is 0.214. The van der Waals surface area contributed by atoms with Gasteiger partial charge in [0.25, 0.3) is 11.8 Å². The zero-order valence-electron chi connectivity index (χ0n) is 23.7. The maximum atomic E-state index is 12.9. The molecule has 0 aromatic heterocycles. The van der Waals surface area contributed by atoms with Crippen LogP contribution < -0.4 is 49.7 Å². The van der Waals surface area contributed by atoms with Gasteiger partial charge in [-0.25, -0.2) is 0 Å². The fourth-order valence-corrected chi connectivity index (χ4v) is 4.19. The van der Waals surface area contributed by atoms with E-state index in [9.17, 15) is 9.59 Å². The lowest BCUT2D eigenvalue weighted by molar-refractivity contribution is 0.0968. The third-order valence-electron chi connectivity index (χ3n) is 5.73. The van der Waals surface area contributed by atoms with Gasteiger partial charge in [-0.05, 0) is 60.8 Å². The van der Waals surface area contributed by atoms with Crippen LogP contribution in [0.15, 0.2) is 48.5 Å². The Hall–Kier alpha value is -4.82. The summed E-state index contributed by atoms with van der Waals surface area (Å²) in [6.07, 6.45) is 0. The molecule has 0 saturated heterocycles. The highest BCUT2D eigenvalue weighted by molar-refractivity contribution is 7.80. The molecule has 4 N–H and O–H groups in total. The SMILES string of the molecule is COc1cc(C(=O)NC(=S)Nc2ccccc2NC(=S)NC(=O)c2cc(OC)c(OC)c(OC)c2)cc(OC)c1OC. The second-order valence-electron chi connectivity index (χ2n) is 8.19. The van der Waals surface area contributed by atoms with Crippen LogP contribution in [0.1, 0.15) is 20.7 Å². The molecule has 0 atom stereocenters. The normalized spacial score (nSPS) is 10.0. The molecule has 14 heteroatoms. The van der Waals surface area contributed by atoms with E-state index < -0.39 is 11.8 Å². The fourth-order valence-electron chi connectivity index (χ4n) is 3.78. The summed E-state index contributed by atoms with van der Waals surface area (Å²) in [6.45, 7) is 0. The first-order chi connectivity index (χ1) is 20.2. The summed E-state index contributed by atoms with van der Waals surface area (Å²) < 4.78 is 31.8. The first-order valence-corrected chi connectivity index (χ1v) is 12.9. The van der Waals surface area contributed by atoms with Crippen molar-refractivity contribution in [3.8, 4) is 34.5 Å². The van der Waals surface area contributed by atoms with Gasteiger partial charge in [-0.15, -0.1) is 0 Å². The van der Waals surface area contributed by atoms with Crippen molar-refractivity contribution in [2.75, 3.05) is 53.3 Å². The van der Waals surface area contributed by atoms with Crippen LogP contribution in [-0.4, -0.2) is 64.7 Å². The van der Waals surface area contributed by atoms with Crippen molar-refractivity contribution in [2.45, 2.75) is 0 Å². The molecule has 3 aromatic rings. The average molecular weight is 615 g/mol. The minimum Gasteiger partial charge on any atom is -0.493 e. The minimum atomic E-state index is -0.509. The molecule has 0 bridgehead atoms. The van der Waals surface area contributed by atoms with Gasteiger partial charge in [0.1, 0.15) is 0 Å². The number of hydrogen-bond donors (Lipinski definition) is 4. The molecule has 0 saturated carbocycles. The molecule has 0 radical (unpaired) electrons. The Morgan fingerprint density at radius 1 is 0.548 bits per heavy atom. The number of anilines is 2. The van der Waals surface area contributed by atoms with Crippen molar-refractivity contribution in [1.29, 1.82) is 0 Å². The Morgan fingerprint density at radius 2 is 0.857 bits per heavy atom. The Morgan fingerprint density at radius 3 is 1.12 bits per heavy atom. The van der Waals surface area contributed by atoms with Crippen molar-refractivity contribution in [3.63, 3.8) is 0 Å². The van der Waals surface area contributed by atoms with Gasteiger partial charge in [0.2, 0.25) is 11.5 Å². The number of benzene rings is 3. The molecule has 0 spiro atoms. The molecule has 0 aliphatic carbocycles. The van der Waals surface area contributed by atoms with E-state index in [1.54, 1.807) is 24.3 Å². The molecule has 0 heterocycles. The molecule has 0 aliphatic heterocycles. The van der Waals surface area contributed by atoms with Gasteiger partial charge in [0.05, 0.1) is 54.0 Å². The molecule has 3 rings (SSSR count). The standard InChI is InChI=1S/C28H30N4O8S2/c1-35-19-11-15(12-20(36-2)23(19)39-5)25(33)31-27(41)29-17-9-7-8-10-18(17)30-28(42)32-26(34)16-13-21(37-3)24(40-6)22(14-16)38-4/h7-14H,1-6H3,(H2,29,31,33,41)(H2,30,32,34,42). The highest BCUT2D eigenvalue weighted by atomic mass is 32.1. The maximum absolute atomic E-state index is 12.9. The number of hydrogen-bond acceptors (Lipinski definition) is 10. The number of rotatable bonds is 10. The van der Waals surface area contributed by atoms with Crippen LogP contribution in [-0.2, 0) is 0 Å². The molecular formula is C28H30N4O8S2. The molecule has 12 nitrogen and oxygen atoms in total. The van der Waals surface area contributed by atoms with Crippen molar-refractivity contribution >= 4 is 57.8 Å². The van der Waals surface area contributed by atoms with E-state index >= 15 is 0 Å². The number of carbonyl (C=O) groups is 2. The first-order valence-electron chi connectivity index (χ1n) is 12.1. The number of carbonyl (C=O) groups excluding carboxylic acids is 2. The van der Waals surface area contributed by atoms with Crippen LogP contribution >= 0.6 is 24.4 Å². The summed E-state index contributed by atoms with van der Waals surface area (Å²) in [5.41, 5.74) is 1.43. The lowest BCUT2D eigenvalue weighted by Gasteiger charge is -2.17. The third-order valence-corrected chi connectivity index (χ3v) is 6.14. The predicted molar refractivity (Wildman–Crippen MR) is 166 cm³/mol. The Bertz CT molecular complexity index is 1340. The van der Waals surface area contributed by atoms with E-state index in [4.69, 9.17) is 52.9 Å². The largest absolute Gasteiger partial charge is 0.493 e. The number of nitrogens with one attached hydrogen (secondary N) is 4. The van der Waals surface area contributed by atoms with Gasteiger partial charge in [-0.3, -0.25) is 20.2 Å². The van der Waals surface area contributed by atoms with Gasteiger partial charge >= 0.3 is 0 Å². The Kier molecular flexibility index (Phi) is 11.1. The van der Waals surface area contributed by atoms with Crippen LogP contribution in [0.2, 0.25) is 0 Å². The lowest BCUT2D eigenvalue weighted by Crippen LogP contribution is -2.36. The first kappa shape index (κ1) is 31.7. The molecule has 0 aliphatic rings. The van der Waals surface area contributed by atoms with Crippen LogP contribution in [0.5, 0.6) is 34.5 Å². The van der Waals surface area contributed by atoms with E-state index in [1.807, 2.05) is 0 Å². The minimum absolute atomic E-state index is 0.00961. The van der Waals surface area contributed by atoms with Crippen LogP contribution in [0, 0.1) is 0 Å². The Balaban J connectivity index is 1.70. The quantitative estimate of drug-likeness (QED) is 0.246. The Labute approximate surface area is 253 Å².